The Labute approximate surface area is 157 Å². The maximum atomic E-state index is 12.3. The summed E-state index contributed by atoms with van der Waals surface area (Å²) in [5, 5.41) is 7.66. The van der Waals surface area contributed by atoms with E-state index in [4.69, 9.17) is 9.88 Å². The van der Waals surface area contributed by atoms with Crippen LogP contribution in [-0.4, -0.2) is 36.9 Å². The van der Waals surface area contributed by atoms with Crippen molar-refractivity contribution in [1.29, 1.82) is 0 Å². The van der Waals surface area contributed by atoms with E-state index < -0.39 is 26.0 Å². The zero-order valence-corrected chi connectivity index (χ0v) is 16.2. The van der Waals surface area contributed by atoms with E-state index >= 15 is 0 Å². The lowest BCUT2D eigenvalue weighted by Gasteiger charge is -2.11. The largest absolute Gasteiger partial charge is 0.495 e. The molecule has 4 N–H and O–H groups in total. The third-order valence-electron chi connectivity index (χ3n) is 3.69. The molecule has 0 atom stereocenters. The van der Waals surface area contributed by atoms with Crippen LogP contribution in [0.5, 0.6) is 5.75 Å². The van der Waals surface area contributed by atoms with Crippen molar-refractivity contribution in [3.05, 3.63) is 53.6 Å². The first-order valence-electron chi connectivity index (χ1n) is 7.60. The first kappa shape index (κ1) is 20.8. The highest BCUT2D eigenvalue weighted by atomic mass is 32.2. The van der Waals surface area contributed by atoms with Crippen molar-refractivity contribution in [2.75, 3.05) is 14.2 Å². The Balaban J connectivity index is 2.18. The van der Waals surface area contributed by atoms with Crippen molar-refractivity contribution in [3.63, 3.8) is 0 Å². The van der Waals surface area contributed by atoms with Crippen LogP contribution in [-0.2, 0) is 26.6 Å². The lowest BCUT2D eigenvalue weighted by atomic mass is 10.2. The Morgan fingerprint density at radius 3 is 2.22 bits per heavy atom. The number of sulfonamides is 2. The third kappa shape index (κ3) is 5.04. The Morgan fingerprint density at radius 2 is 1.70 bits per heavy atom. The van der Waals surface area contributed by atoms with Crippen LogP contribution in [0.1, 0.15) is 15.9 Å². The van der Waals surface area contributed by atoms with E-state index in [0.29, 0.717) is 5.56 Å². The zero-order valence-electron chi connectivity index (χ0n) is 14.6. The van der Waals surface area contributed by atoms with Gasteiger partial charge in [0.15, 0.2) is 0 Å². The molecule has 0 aliphatic heterocycles. The molecular formula is C16H19N3O6S2. The number of methoxy groups -OCH3 is 1. The Bertz CT molecular complexity index is 1050. The first-order valence-corrected chi connectivity index (χ1v) is 10.6. The number of ether oxygens (including phenoxy) is 1. The summed E-state index contributed by atoms with van der Waals surface area (Å²) in [5.74, 6) is -0.389. The molecule has 0 unspecified atom stereocenters. The minimum atomic E-state index is -3.81. The van der Waals surface area contributed by atoms with Crippen molar-refractivity contribution in [2.45, 2.75) is 16.3 Å². The number of carbonyl (C=O) groups is 1. The molecule has 11 heteroatoms. The first-order chi connectivity index (χ1) is 12.6. The molecule has 0 aliphatic rings. The summed E-state index contributed by atoms with van der Waals surface area (Å²) in [6.07, 6.45) is 0. The second-order valence-corrected chi connectivity index (χ2v) is 8.86. The van der Waals surface area contributed by atoms with Crippen LogP contribution in [0.2, 0.25) is 0 Å². The highest BCUT2D eigenvalue weighted by Gasteiger charge is 2.20. The van der Waals surface area contributed by atoms with Crippen LogP contribution in [0.3, 0.4) is 0 Å². The Hall–Kier alpha value is -2.47. The third-order valence-corrected chi connectivity index (χ3v) is 6.05. The van der Waals surface area contributed by atoms with Crippen molar-refractivity contribution >= 4 is 26.0 Å². The molecule has 0 heterocycles. The van der Waals surface area contributed by atoms with Gasteiger partial charge in [-0.2, -0.15) is 0 Å². The average molecular weight is 413 g/mol. The molecule has 0 spiro atoms. The Morgan fingerprint density at radius 1 is 1.07 bits per heavy atom. The standard InChI is InChI=1S/C16H19N3O6S2/c1-18-27(23,24)15-9-12(5-8-14(15)25-2)16(20)19-10-11-3-6-13(7-4-11)26(17,21)22/h3-9,18H,10H2,1-2H3,(H,19,20)(H2,17,21,22). The van der Waals surface area contributed by atoms with E-state index in [2.05, 4.69) is 10.0 Å². The van der Waals surface area contributed by atoms with Crippen molar-refractivity contribution < 1.29 is 26.4 Å². The van der Waals surface area contributed by atoms with Crippen LogP contribution in [0.15, 0.2) is 52.3 Å². The molecule has 2 aromatic carbocycles. The van der Waals surface area contributed by atoms with Crippen molar-refractivity contribution in [3.8, 4) is 5.75 Å². The van der Waals surface area contributed by atoms with E-state index in [9.17, 15) is 21.6 Å². The fraction of sp³-hybridized carbons (Fsp3) is 0.188. The molecule has 0 bridgehead atoms. The molecule has 1 amide bonds. The van der Waals surface area contributed by atoms with Crippen molar-refractivity contribution in [1.82, 2.24) is 10.0 Å². The summed E-state index contributed by atoms with van der Waals surface area (Å²) >= 11 is 0. The quantitative estimate of drug-likeness (QED) is 0.590. The summed E-state index contributed by atoms with van der Waals surface area (Å²) in [6, 6.07) is 9.75. The van der Waals surface area contributed by atoms with Gasteiger partial charge in [0.1, 0.15) is 10.6 Å². The van der Waals surface area contributed by atoms with Gasteiger partial charge in [0.05, 0.1) is 12.0 Å². The number of amides is 1. The van der Waals surface area contributed by atoms with E-state index in [1.165, 1.54) is 56.6 Å². The SMILES string of the molecule is CNS(=O)(=O)c1cc(C(=O)NCc2ccc(S(N)(=O)=O)cc2)ccc1OC. The minimum Gasteiger partial charge on any atom is -0.495 e. The van der Waals surface area contributed by atoms with E-state index in [0.717, 1.165) is 0 Å². The molecule has 0 saturated heterocycles. The van der Waals surface area contributed by atoms with Crippen molar-refractivity contribution in [2.24, 2.45) is 5.14 Å². The number of carbonyl (C=O) groups excluding carboxylic acids is 1. The van der Waals surface area contributed by atoms with Gasteiger partial charge in [-0.05, 0) is 42.9 Å². The van der Waals surface area contributed by atoms with E-state index in [1.54, 1.807) is 0 Å². The van der Waals surface area contributed by atoms with Gasteiger partial charge in [-0.1, -0.05) is 12.1 Å². The van der Waals surface area contributed by atoms with Gasteiger partial charge in [-0.3, -0.25) is 4.79 Å². The lowest BCUT2D eigenvalue weighted by Crippen LogP contribution is -2.24. The van der Waals surface area contributed by atoms with Crippen LogP contribution >= 0.6 is 0 Å². The second kappa shape index (κ2) is 8.05. The summed E-state index contributed by atoms with van der Waals surface area (Å²) in [4.78, 5) is 12.1. The number of rotatable bonds is 7. The molecule has 0 saturated carbocycles. The predicted molar refractivity (Wildman–Crippen MR) is 98.2 cm³/mol. The van der Waals surface area contributed by atoms with Gasteiger partial charge in [0, 0.05) is 12.1 Å². The number of nitrogens with one attached hydrogen (secondary N) is 2. The molecular weight excluding hydrogens is 394 g/mol. The van der Waals surface area contributed by atoms with Gasteiger partial charge in [-0.25, -0.2) is 26.7 Å². The van der Waals surface area contributed by atoms with Gasteiger partial charge in [0.25, 0.3) is 5.91 Å². The highest BCUT2D eigenvalue weighted by molar-refractivity contribution is 7.89. The molecule has 0 radical (unpaired) electrons. The van der Waals surface area contributed by atoms with Gasteiger partial charge in [-0.15, -0.1) is 0 Å². The number of hydrogen-bond donors (Lipinski definition) is 3. The number of benzene rings is 2. The Kier molecular flexibility index (Phi) is 6.21. The lowest BCUT2D eigenvalue weighted by molar-refractivity contribution is 0.0950. The highest BCUT2D eigenvalue weighted by Crippen LogP contribution is 2.24. The van der Waals surface area contributed by atoms with Crippen LogP contribution < -0.4 is 19.9 Å². The molecule has 0 aliphatic carbocycles. The number of nitrogens with two attached hydrogens (primary N) is 1. The summed E-state index contributed by atoms with van der Waals surface area (Å²) in [7, 11) is -5.01. The van der Waals surface area contributed by atoms with Gasteiger partial charge in [0.2, 0.25) is 20.0 Å². The number of hydrogen-bond acceptors (Lipinski definition) is 6. The normalized spacial score (nSPS) is 11.8. The fourth-order valence-corrected chi connectivity index (χ4v) is 3.65. The molecule has 0 fully saturated rings. The van der Waals surface area contributed by atoms with Crippen LogP contribution in [0.4, 0.5) is 0 Å². The molecule has 9 nitrogen and oxygen atoms in total. The summed E-state index contributed by atoms with van der Waals surface area (Å²) in [5.41, 5.74) is 0.776. The second-order valence-electron chi connectivity index (χ2n) is 5.44. The summed E-state index contributed by atoms with van der Waals surface area (Å²) in [6.45, 7) is 0.115. The smallest absolute Gasteiger partial charge is 0.251 e. The van der Waals surface area contributed by atoms with E-state index in [1.807, 2.05) is 0 Å². The van der Waals surface area contributed by atoms with Gasteiger partial charge < -0.3 is 10.1 Å². The van der Waals surface area contributed by atoms with Gasteiger partial charge >= 0.3 is 0 Å². The van der Waals surface area contributed by atoms with Crippen LogP contribution in [0.25, 0.3) is 0 Å². The maximum absolute atomic E-state index is 12.3. The predicted octanol–water partition coefficient (Wildman–Crippen LogP) is 0.181. The average Bonchev–Trinajstić information content (AvgIpc) is 2.65. The minimum absolute atomic E-state index is 0.0327. The van der Waals surface area contributed by atoms with Crippen LogP contribution in [0, 0.1) is 0 Å². The molecule has 2 aromatic rings. The molecule has 2 rings (SSSR count). The molecule has 146 valence electrons. The molecule has 27 heavy (non-hydrogen) atoms. The fourth-order valence-electron chi connectivity index (χ4n) is 2.22. The maximum Gasteiger partial charge on any atom is 0.251 e. The topological polar surface area (TPSA) is 145 Å². The summed E-state index contributed by atoms with van der Waals surface area (Å²) < 4.78 is 53.8. The zero-order chi connectivity index (χ0) is 20.2. The number of primary sulfonamides is 1. The monoisotopic (exact) mass is 413 g/mol. The van der Waals surface area contributed by atoms with E-state index in [-0.39, 0.29) is 27.6 Å². The molecule has 0 aromatic heterocycles.